The van der Waals surface area contributed by atoms with E-state index in [1.165, 1.54) is 31.5 Å². The summed E-state index contributed by atoms with van der Waals surface area (Å²) in [6.07, 6.45) is -0.309. The zero-order valence-electron chi connectivity index (χ0n) is 22.5. The van der Waals surface area contributed by atoms with E-state index < -0.39 is 23.3 Å². The minimum atomic E-state index is -4.47. The summed E-state index contributed by atoms with van der Waals surface area (Å²) >= 11 is 0. The Kier molecular flexibility index (Phi) is 7.67. The third-order valence-electron chi connectivity index (χ3n) is 6.75. The normalized spacial score (nSPS) is 14.0. The van der Waals surface area contributed by atoms with Crippen LogP contribution in [0.25, 0.3) is 11.1 Å². The van der Waals surface area contributed by atoms with E-state index in [4.69, 9.17) is 9.26 Å². The van der Waals surface area contributed by atoms with Crippen LogP contribution in [0.15, 0.2) is 47.4 Å². The number of nitrogens with one attached hydrogen (secondary N) is 2. The Bertz CT molecular complexity index is 1610. The van der Waals surface area contributed by atoms with Gasteiger partial charge in [-0.1, -0.05) is 17.3 Å². The molecule has 0 radical (unpaired) electrons. The van der Waals surface area contributed by atoms with Crippen molar-refractivity contribution in [3.63, 3.8) is 0 Å². The second kappa shape index (κ2) is 11.2. The highest BCUT2D eigenvalue weighted by Gasteiger charge is 2.66. The van der Waals surface area contributed by atoms with Crippen LogP contribution in [-0.4, -0.2) is 49.6 Å². The summed E-state index contributed by atoms with van der Waals surface area (Å²) in [6, 6.07) is 5.32. The lowest BCUT2D eigenvalue weighted by Gasteiger charge is -2.14. The van der Waals surface area contributed by atoms with Gasteiger partial charge in [0.25, 0.3) is 0 Å². The van der Waals surface area contributed by atoms with Crippen molar-refractivity contribution < 1.29 is 36.4 Å². The molecule has 1 aliphatic rings. The maximum Gasteiger partial charge on any atom is 0.401 e. The molecule has 15 heteroatoms. The van der Waals surface area contributed by atoms with Crippen molar-refractivity contribution in [3.8, 4) is 11.1 Å². The van der Waals surface area contributed by atoms with Crippen molar-refractivity contribution in [2.45, 2.75) is 51.2 Å². The maximum absolute atomic E-state index is 14.9. The average Bonchev–Trinajstić information content (AvgIpc) is 3.51. The summed E-state index contributed by atoms with van der Waals surface area (Å²) in [5.41, 5.74) is 0.365. The zero-order chi connectivity index (χ0) is 30.1. The quantitative estimate of drug-likeness (QED) is 0.197. The second-order valence-electron chi connectivity index (χ2n) is 9.84. The van der Waals surface area contributed by atoms with E-state index in [9.17, 15) is 27.2 Å². The molecular weight excluding hydrogens is 562 g/mol. The summed E-state index contributed by atoms with van der Waals surface area (Å²) in [5.74, 6) is -1.93. The van der Waals surface area contributed by atoms with Crippen LogP contribution in [-0.2, 0) is 32.7 Å². The molecule has 0 bridgehead atoms. The number of carbonyl (C=O) groups excluding carboxylic acids is 2. The Morgan fingerprint density at radius 3 is 2.52 bits per heavy atom. The summed E-state index contributed by atoms with van der Waals surface area (Å²) in [4.78, 5) is 31.9. The van der Waals surface area contributed by atoms with Gasteiger partial charge in [0, 0.05) is 37.1 Å². The second-order valence-corrected chi connectivity index (χ2v) is 9.84. The van der Waals surface area contributed by atoms with Gasteiger partial charge in [0.05, 0.1) is 24.3 Å². The Balaban J connectivity index is 1.18. The molecular formula is C27H25F4N7O4. The lowest BCUT2D eigenvalue weighted by molar-refractivity contribution is -0.165. The number of amides is 1. The fourth-order valence-electron chi connectivity index (χ4n) is 4.28. The number of esters is 1. The first-order chi connectivity index (χ1) is 19.9. The monoisotopic (exact) mass is 587 g/mol. The fourth-order valence-corrected chi connectivity index (χ4v) is 4.28. The highest BCUT2D eigenvalue weighted by molar-refractivity contribution is 5.91. The number of nitrogens with zero attached hydrogens (tertiary/aromatic N) is 5. The van der Waals surface area contributed by atoms with Crippen molar-refractivity contribution in [1.82, 2.24) is 24.9 Å². The number of hydrogen-bond donors (Lipinski definition) is 2. The van der Waals surface area contributed by atoms with Gasteiger partial charge in [-0.25, -0.2) is 14.4 Å². The predicted octanol–water partition coefficient (Wildman–Crippen LogP) is 4.86. The van der Waals surface area contributed by atoms with Gasteiger partial charge in [-0.2, -0.15) is 18.3 Å². The molecule has 5 rings (SSSR count). The Hall–Kier alpha value is -4.82. The number of halogens is 4. The van der Waals surface area contributed by atoms with Crippen molar-refractivity contribution in [1.29, 1.82) is 0 Å². The number of carbonyl (C=O) groups is 2. The molecule has 220 valence electrons. The van der Waals surface area contributed by atoms with Gasteiger partial charge < -0.3 is 19.9 Å². The first-order valence-electron chi connectivity index (χ1n) is 12.8. The van der Waals surface area contributed by atoms with E-state index >= 15 is 0 Å². The number of anilines is 3. The van der Waals surface area contributed by atoms with E-state index in [1.807, 2.05) is 0 Å². The highest BCUT2D eigenvalue weighted by atomic mass is 19.4. The molecule has 0 saturated heterocycles. The fraction of sp³-hybridized carbons (Fsp3) is 0.333. The first kappa shape index (κ1) is 28.7. The SMILES string of the molecule is CC(=O)OCCn1cc(Nc2ncc(-c3ccc(CC(=O)Nc4cc(C5(C(F)(F)F)CC5)on4)c(F)c3)cn2)c(C)n1. The molecule has 2 N–H and O–H groups in total. The number of alkyl halides is 3. The third-order valence-corrected chi connectivity index (χ3v) is 6.75. The first-order valence-corrected chi connectivity index (χ1v) is 12.8. The topological polar surface area (TPSA) is 137 Å². The lowest BCUT2D eigenvalue weighted by atomic mass is 10.0. The van der Waals surface area contributed by atoms with Crippen molar-refractivity contribution in [2.24, 2.45) is 0 Å². The third kappa shape index (κ3) is 6.24. The van der Waals surface area contributed by atoms with E-state index in [0.717, 1.165) is 6.07 Å². The molecule has 1 amide bonds. The zero-order valence-corrected chi connectivity index (χ0v) is 22.5. The van der Waals surface area contributed by atoms with Gasteiger partial charge in [-0.3, -0.25) is 14.3 Å². The standard InChI is InChI=1S/C27H25F4N7O4/c1-15-21(14-38(36-15)7-8-41-16(2)39)34-25-32-12-19(13-33-25)17-3-4-18(20(28)9-17)10-24(40)35-23-11-22(42-37-23)26(5-6-26)27(29,30)31/h3-4,9,11-14H,5-8,10H2,1-2H3,(H,32,33,34)(H,35,37,40). The smallest absolute Gasteiger partial charge is 0.401 e. The molecule has 3 heterocycles. The minimum absolute atomic E-state index is 0.0781. The van der Waals surface area contributed by atoms with Gasteiger partial charge in [-0.05, 0) is 37.0 Å². The molecule has 1 saturated carbocycles. The Morgan fingerprint density at radius 1 is 1.14 bits per heavy atom. The van der Waals surface area contributed by atoms with Gasteiger partial charge in [0.1, 0.15) is 17.8 Å². The van der Waals surface area contributed by atoms with Crippen LogP contribution in [0.2, 0.25) is 0 Å². The van der Waals surface area contributed by atoms with Crippen LogP contribution < -0.4 is 10.6 Å². The van der Waals surface area contributed by atoms with Crippen molar-refractivity contribution in [2.75, 3.05) is 17.2 Å². The molecule has 1 fully saturated rings. The number of aromatic nitrogens is 5. The number of rotatable bonds is 10. The predicted molar refractivity (Wildman–Crippen MR) is 140 cm³/mol. The Labute approximate surface area is 236 Å². The van der Waals surface area contributed by atoms with Crippen LogP contribution in [0, 0.1) is 12.7 Å². The molecule has 42 heavy (non-hydrogen) atoms. The summed E-state index contributed by atoms with van der Waals surface area (Å²) < 4.78 is 66.1. The largest absolute Gasteiger partial charge is 0.464 e. The van der Waals surface area contributed by atoms with Crippen LogP contribution >= 0.6 is 0 Å². The number of ether oxygens (including phenoxy) is 1. The van der Waals surface area contributed by atoms with E-state index in [-0.39, 0.29) is 54.9 Å². The molecule has 1 aromatic carbocycles. The van der Waals surface area contributed by atoms with Crippen molar-refractivity contribution in [3.05, 3.63) is 65.7 Å². The molecule has 0 unspecified atom stereocenters. The van der Waals surface area contributed by atoms with E-state index in [2.05, 4.69) is 30.9 Å². The Morgan fingerprint density at radius 2 is 1.88 bits per heavy atom. The molecule has 0 spiro atoms. The molecule has 4 aromatic rings. The number of aryl methyl sites for hydroxylation is 1. The van der Waals surface area contributed by atoms with Gasteiger partial charge in [0.15, 0.2) is 11.6 Å². The lowest BCUT2D eigenvalue weighted by Crippen LogP contribution is -2.28. The van der Waals surface area contributed by atoms with Gasteiger partial charge in [-0.15, -0.1) is 0 Å². The van der Waals surface area contributed by atoms with Crippen LogP contribution in [0.1, 0.15) is 36.8 Å². The highest BCUT2D eigenvalue weighted by Crippen LogP contribution is 2.59. The van der Waals surface area contributed by atoms with Crippen molar-refractivity contribution >= 4 is 29.3 Å². The molecule has 0 atom stereocenters. The summed E-state index contributed by atoms with van der Waals surface area (Å²) in [6.45, 7) is 3.70. The minimum Gasteiger partial charge on any atom is -0.464 e. The van der Waals surface area contributed by atoms with Crippen LogP contribution in [0.3, 0.4) is 0 Å². The van der Waals surface area contributed by atoms with E-state index in [0.29, 0.717) is 29.1 Å². The summed E-state index contributed by atoms with van der Waals surface area (Å²) in [5, 5.41) is 13.3. The molecule has 3 aromatic heterocycles. The number of hydrogen-bond acceptors (Lipinski definition) is 9. The molecule has 11 nitrogen and oxygen atoms in total. The average molecular weight is 588 g/mol. The maximum atomic E-state index is 14.9. The van der Waals surface area contributed by atoms with Gasteiger partial charge >= 0.3 is 12.1 Å². The van der Waals surface area contributed by atoms with E-state index in [1.54, 1.807) is 23.9 Å². The van der Waals surface area contributed by atoms with Crippen LogP contribution in [0.4, 0.5) is 35.0 Å². The molecule has 1 aliphatic carbocycles. The number of benzene rings is 1. The summed E-state index contributed by atoms with van der Waals surface area (Å²) in [7, 11) is 0. The van der Waals surface area contributed by atoms with Gasteiger partial charge in [0.2, 0.25) is 11.9 Å². The van der Waals surface area contributed by atoms with Crippen LogP contribution in [0.5, 0.6) is 0 Å². The molecule has 0 aliphatic heterocycles.